The van der Waals surface area contributed by atoms with E-state index in [2.05, 4.69) is 16.7 Å². The molecule has 0 aliphatic carbocycles. The average molecular weight is 135 g/mol. The minimum absolute atomic E-state index is 0.882. The molecule has 0 unspecified atom stereocenters. The topological polar surface area (TPSA) is 29.6 Å². The van der Waals surface area contributed by atoms with Gasteiger partial charge >= 0.3 is 0 Å². The number of rotatable bonds is 2. The van der Waals surface area contributed by atoms with Gasteiger partial charge in [0.05, 0.1) is 0 Å². The lowest BCUT2D eigenvalue weighted by atomic mass is 10.6. The van der Waals surface area contributed by atoms with E-state index in [1.807, 2.05) is 29.9 Å². The zero-order valence-electron chi connectivity index (χ0n) is 5.86. The Morgan fingerprint density at radius 1 is 1.70 bits per heavy atom. The fourth-order valence-corrected chi connectivity index (χ4v) is 0.686. The highest BCUT2D eigenvalue weighted by Gasteiger charge is 1.88. The molecule has 0 fully saturated rings. The van der Waals surface area contributed by atoms with Crippen LogP contribution in [-0.2, 0) is 7.05 Å². The predicted molar refractivity (Wildman–Crippen MR) is 43.1 cm³/mol. The summed E-state index contributed by atoms with van der Waals surface area (Å²) in [6.45, 7) is 3.28. The number of aliphatic imine (C=N–C) groups is 2. The largest absolute Gasteiger partial charge is 0.336 e. The van der Waals surface area contributed by atoms with E-state index in [9.17, 15) is 0 Å². The second-order valence-electron chi connectivity index (χ2n) is 1.90. The van der Waals surface area contributed by atoms with E-state index in [-0.39, 0.29) is 0 Å². The average Bonchev–Trinajstić information content (AvgIpc) is 2.31. The first-order valence-electron chi connectivity index (χ1n) is 2.94. The fourth-order valence-electron chi connectivity index (χ4n) is 0.686. The Kier molecular flexibility index (Phi) is 1.99. The van der Waals surface area contributed by atoms with Gasteiger partial charge in [-0.15, -0.1) is 0 Å². The molecule has 0 atom stereocenters. The van der Waals surface area contributed by atoms with Crippen LogP contribution in [-0.4, -0.2) is 17.6 Å². The van der Waals surface area contributed by atoms with Crippen LogP contribution in [0.25, 0.3) is 0 Å². The van der Waals surface area contributed by atoms with Gasteiger partial charge in [-0.2, -0.15) is 0 Å². The maximum absolute atomic E-state index is 3.99. The third-order valence-corrected chi connectivity index (χ3v) is 1.19. The summed E-state index contributed by atoms with van der Waals surface area (Å²) in [5, 5.41) is 0. The standard InChI is InChI=1S/C7H9N3/c1-8-6-9-7-4-3-5-10(7)2/h3-6H,1H2,2H3. The molecular weight excluding hydrogens is 126 g/mol. The smallest absolute Gasteiger partial charge is 0.134 e. The first-order chi connectivity index (χ1) is 4.84. The van der Waals surface area contributed by atoms with Crippen molar-refractivity contribution in [3.05, 3.63) is 18.3 Å². The van der Waals surface area contributed by atoms with Gasteiger partial charge in [-0.1, -0.05) is 0 Å². The van der Waals surface area contributed by atoms with Crippen LogP contribution in [0.5, 0.6) is 0 Å². The molecule has 1 aromatic rings. The molecule has 10 heavy (non-hydrogen) atoms. The Bertz CT molecular complexity index is 247. The molecule has 0 saturated heterocycles. The summed E-state index contributed by atoms with van der Waals surface area (Å²) in [5.74, 6) is 0.882. The minimum Gasteiger partial charge on any atom is -0.336 e. The third kappa shape index (κ3) is 1.31. The summed E-state index contributed by atoms with van der Waals surface area (Å²) in [5.41, 5.74) is 0. The van der Waals surface area contributed by atoms with Gasteiger partial charge in [0.2, 0.25) is 0 Å². The molecule has 0 N–H and O–H groups in total. The van der Waals surface area contributed by atoms with E-state index in [0.29, 0.717) is 0 Å². The molecule has 0 aliphatic heterocycles. The van der Waals surface area contributed by atoms with E-state index < -0.39 is 0 Å². The molecular formula is C7H9N3. The Labute approximate surface area is 59.7 Å². The van der Waals surface area contributed by atoms with Crippen molar-refractivity contribution in [3.63, 3.8) is 0 Å². The summed E-state index contributed by atoms with van der Waals surface area (Å²) >= 11 is 0. The van der Waals surface area contributed by atoms with Crippen LogP contribution in [0.4, 0.5) is 5.82 Å². The first-order valence-corrected chi connectivity index (χ1v) is 2.94. The molecule has 3 heteroatoms. The molecule has 52 valence electrons. The molecule has 0 bridgehead atoms. The highest BCUT2D eigenvalue weighted by molar-refractivity contribution is 5.65. The molecule has 0 aromatic carbocycles. The molecule has 0 aliphatic rings. The van der Waals surface area contributed by atoms with Gasteiger partial charge in [0.15, 0.2) is 0 Å². The van der Waals surface area contributed by atoms with E-state index >= 15 is 0 Å². The van der Waals surface area contributed by atoms with E-state index in [4.69, 9.17) is 0 Å². The zero-order valence-corrected chi connectivity index (χ0v) is 5.86. The quantitative estimate of drug-likeness (QED) is 0.433. The first kappa shape index (κ1) is 6.74. The van der Waals surface area contributed by atoms with Gasteiger partial charge in [0.1, 0.15) is 12.2 Å². The molecule has 0 amide bonds. The van der Waals surface area contributed by atoms with Gasteiger partial charge in [-0.3, -0.25) is 4.99 Å². The SMILES string of the molecule is C=NC=Nc1cccn1C. The molecule has 1 rings (SSSR count). The number of hydrogen-bond donors (Lipinski definition) is 0. The van der Waals surface area contributed by atoms with Crippen molar-refractivity contribution in [2.24, 2.45) is 17.0 Å². The Morgan fingerprint density at radius 2 is 2.50 bits per heavy atom. The summed E-state index contributed by atoms with van der Waals surface area (Å²) in [6.07, 6.45) is 3.35. The van der Waals surface area contributed by atoms with Crippen molar-refractivity contribution in [3.8, 4) is 0 Å². The van der Waals surface area contributed by atoms with Gasteiger partial charge in [0, 0.05) is 13.2 Å². The normalized spacial score (nSPS) is 10.5. The van der Waals surface area contributed by atoms with Crippen LogP contribution in [0.1, 0.15) is 0 Å². The Morgan fingerprint density at radius 3 is 3.00 bits per heavy atom. The van der Waals surface area contributed by atoms with Crippen LogP contribution in [0.15, 0.2) is 28.3 Å². The molecule has 3 nitrogen and oxygen atoms in total. The Hall–Kier alpha value is -1.38. The number of nitrogens with zero attached hydrogens (tertiary/aromatic N) is 3. The van der Waals surface area contributed by atoms with E-state index in [0.717, 1.165) is 5.82 Å². The monoisotopic (exact) mass is 135 g/mol. The van der Waals surface area contributed by atoms with Gasteiger partial charge in [-0.25, -0.2) is 4.99 Å². The van der Waals surface area contributed by atoms with Gasteiger partial charge in [0.25, 0.3) is 0 Å². The third-order valence-electron chi connectivity index (χ3n) is 1.19. The summed E-state index contributed by atoms with van der Waals surface area (Å²) in [7, 11) is 1.93. The molecule has 0 saturated carbocycles. The number of hydrogen-bond acceptors (Lipinski definition) is 1. The molecule has 0 spiro atoms. The zero-order chi connectivity index (χ0) is 7.40. The lowest BCUT2D eigenvalue weighted by Gasteiger charge is -1.91. The van der Waals surface area contributed by atoms with Crippen LogP contribution in [0, 0.1) is 0 Å². The van der Waals surface area contributed by atoms with Crippen molar-refractivity contribution < 1.29 is 0 Å². The predicted octanol–water partition coefficient (Wildman–Crippen LogP) is 1.39. The maximum atomic E-state index is 3.99. The number of aryl methyl sites for hydroxylation is 1. The van der Waals surface area contributed by atoms with Crippen LogP contribution in [0.2, 0.25) is 0 Å². The molecule has 1 aromatic heterocycles. The van der Waals surface area contributed by atoms with Gasteiger partial charge in [-0.05, 0) is 18.9 Å². The van der Waals surface area contributed by atoms with Crippen molar-refractivity contribution >= 4 is 18.9 Å². The lowest BCUT2D eigenvalue weighted by Crippen LogP contribution is -1.81. The van der Waals surface area contributed by atoms with E-state index in [1.165, 1.54) is 6.34 Å². The second kappa shape index (κ2) is 2.96. The van der Waals surface area contributed by atoms with Crippen molar-refractivity contribution in [2.75, 3.05) is 0 Å². The van der Waals surface area contributed by atoms with Crippen molar-refractivity contribution in [1.82, 2.24) is 4.57 Å². The highest BCUT2D eigenvalue weighted by atomic mass is 15.0. The molecule has 0 radical (unpaired) electrons. The second-order valence-corrected chi connectivity index (χ2v) is 1.90. The number of aromatic nitrogens is 1. The Balaban J connectivity index is 2.83. The maximum Gasteiger partial charge on any atom is 0.134 e. The minimum atomic E-state index is 0.882. The van der Waals surface area contributed by atoms with Gasteiger partial charge < -0.3 is 4.57 Å². The summed E-state index contributed by atoms with van der Waals surface area (Å²) in [4.78, 5) is 7.49. The van der Waals surface area contributed by atoms with Crippen LogP contribution in [0.3, 0.4) is 0 Å². The fraction of sp³-hybridized carbons (Fsp3) is 0.143. The highest BCUT2D eigenvalue weighted by Crippen LogP contribution is 2.08. The van der Waals surface area contributed by atoms with Crippen LogP contribution >= 0.6 is 0 Å². The molecule has 1 heterocycles. The van der Waals surface area contributed by atoms with E-state index in [1.54, 1.807) is 0 Å². The van der Waals surface area contributed by atoms with Crippen LogP contribution < -0.4 is 0 Å². The lowest BCUT2D eigenvalue weighted by molar-refractivity contribution is 0.926. The summed E-state index contributed by atoms with van der Waals surface area (Å²) in [6, 6.07) is 3.83. The van der Waals surface area contributed by atoms with Crippen molar-refractivity contribution in [1.29, 1.82) is 0 Å². The summed E-state index contributed by atoms with van der Waals surface area (Å²) < 4.78 is 1.90. The van der Waals surface area contributed by atoms with Crippen molar-refractivity contribution in [2.45, 2.75) is 0 Å².